The lowest BCUT2D eigenvalue weighted by Crippen LogP contribution is -2.20. The molecular formula is C17H17FN2O. The summed E-state index contributed by atoms with van der Waals surface area (Å²) >= 11 is 0. The Bertz CT molecular complexity index is 668. The molecular weight excluding hydrogens is 267 g/mol. The molecule has 0 aliphatic rings. The van der Waals surface area contributed by atoms with Crippen molar-refractivity contribution in [2.75, 3.05) is 6.54 Å². The van der Waals surface area contributed by atoms with Gasteiger partial charge in [0.05, 0.1) is 11.6 Å². The van der Waals surface area contributed by atoms with Crippen molar-refractivity contribution in [3.63, 3.8) is 0 Å². The van der Waals surface area contributed by atoms with E-state index in [0.717, 1.165) is 11.1 Å². The summed E-state index contributed by atoms with van der Waals surface area (Å²) in [6, 6.07) is 12.0. The molecule has 1 atom stereocenters. The Hall–Kier alpha value is -2.38. The number of benzene rings is 2. The average molecular weight is 284 g/mol. The Kier molecular flexibility index (Phi) is 4.56. The smallest absolute Gasteiger partial charge is 0.139 e. The van der Waals surface area contributed by atoms with Crippen LogP contribution in [0, 0.1) is 31.0 Å². The van der Waals surface area contributed by atoms with Crippen molar-refractivity contribution in [3.05, 3.63) is 64.5 Å². The van der Waals surface area contributed by atoms with Gasteiger partial charge in [0.25, 0.3) is 0 Å². The van der Waals surface area contributed by atoms with Crippen molar-refractivity contribution < 1.29 is 9.13 Å². The van der Waals surface area contributed by atoms with E-state index in [1.54, 1.807) is 30.3 Å². The normalized spacial score (nSPS) is 11.8. The summed E-state index contributed by atoms with van der Waals surface area (Å²) in [7, 11) is 0. The van der Waals surface area contributed by atoms with Crippen LogP contribution in [-0.2, 0) is 0 Å². The van der Waals surface area contributed by atoms with Crippen LogP contribution in [0.5, 0.6) is 5.75 Å². The Morgan fingerprint density at radius 3 is 2.38 bits per heavy atom. The Morgan fingerprint density at radius 1 is 1.24 bits per heavy atom. The molecule has 0 aliphatic carbocycles. The summed E-state index contributed by atoms with van der Waals surface area (Å²) in [6.07, 6.45) is -0.559. The van der Waals surface area contributed by atoms with E-state index in [4.69, 9.17) is 15.7 Å². The van der Waals surface area contributed by atoms with Crippen LogP contribution in [0.25, 0.3) is 0 Å². The van der Waals surface area contributed by atoms with Gasteiger partial charge in [-0.3, -0.25) is 0 Å². The topological polar surface area (TPSA) is 59.0 Å². The fraction of sp³-hybridized carbons (Fsp3) is 0.235. The number of aryl methyl sites for hydroxylation is 2. The first-order valence-corrected chi connectivity index (χ1v) is 6.69. The average Bonchev–Trinajstić information content (AvgIpc) is 2.47. The van der Waals surface area contributed by atoms with Gasteiger partial charge in [0.1, 0.15) is 17.7 Å². The van der Waals surface area contributed by atoms with Gasteiger partial charge in [-0.1, -0.05) is 18.2 Å². The van der Waals surface area contributed by atoms with Gasteiger partial charge in [0.15, 0.2) is 0 Å². The van der Waals surface area contributed by atoms with Gasteiger partial charge < -0.3 is 10.5 Å². The summed E-state index contributed by atoms with van der Waals surface area (Å²) < 4.78 is 19.8. The van der Waals surface area contributed by atoms with Crippen LogP contribution in [0.4, 0.5) is 4.39 Å². The molecule has 0 saturated carbocycles. The molecule has 3 nitrogen and oxygen atoms in total. The van der Waals surface area contributed by atoms with Crippen LogP contribution >= 0.6 is 0 Å². The van der Waals surface area contributed by atoms with Gasteiger partial charge in [-0.25, -0.2) is 4.39 Å². The second-order valence-electron chi connectivity index (χ2n) is 4.91. The minimum atomic E-state index is -0.559. The highest BCUT2D eigenvalue weighted by atomic mass is 19.1. The van der Waals surface area contributed by atoms with Gasteiger partial charge in [0, 0.05) is 12.1 Å². The number of hydrogen-bond acceptors (Lipinski definition) is 3. The number of nitrogens with zero attached hydrogens (tertiary/aromatic N) is 1. The third-order valence-corrected chi connectivity index (χ3v) is 3.32. The SMILES string of the molecule is Cc1cc(C#N)cc(C)c1OC(CN)c1ccccc1F. The van der Waals surface area contributed by atoms with E-state index in [1.807, 2.05) is 13.8 Å². The molecule has 2 N–H and O–H groups in total. The molecule has 4 heteroatoms. The molecule has 21 heavy (non-hydrogen) atoms. The number of rotatable bonds is 4. The van der Waals surface area contributed by atoms with Crippen molar-refractivity contribution in [2.24, 2.45) is 5.73 Å². The van der Waals surface area contributed by atoms with Gasteiger partial charge in [-0.05, 0) is 43.2 Å². The number of nitriles is 1. The summed E-state index contributed by atoms with van der Waals surface area (Å²) in [6.45, 7) is 3.88. The first-order valence-electron chi connectivity index (χ1n) is 6.69. The summed E-state index contributed by atoms with van der Waals surface area (Å²) in [5.41, 5.74) is 8.41. The zero-order valence-corrected chi connectivity index (χ0v) is 12.1. The molecule has 0 bridgehead atoms. The standard InChI is InChI=1S/C17H17FN2O/c1-11-7-13(9-19)8-12(2)17(11)21-16(10-20)14-5-3-4-6-15(14)18/h3-8,16H,10,20H2,1-2H3. The highest BCUT2D eigenvalue weighted by Crippen LogP contribution is 2.30. The van der Waals surface area contributed by atoms with E-state index in [0.29, 0.717) is 16.9 Å². The van der Waals surface area contributed by atoms with E-state index < -0.39 is 6.10 Å². The summed E-state index contributed by atoms with van der Waals surface area (Å²) in [4.78, 5) is 0. The lowest BCUT2D eigenvalue weighted by atomic mass is 10.1. The maximum Gasteiger partial charge on any atom is 0.139 e. The predicted octanol–water partition coefficient (Wildman–Crippen LogP) is 3.39. The highest BCUT2D eigenvalue weighted by molar-refractivity contribution is 5.47. The Labute approximate surface area is 123 Å². The maximum atomic E-state index is 13.9. The van der Waals surface area contributed by atoms with Crippen molar-refractivity contribution in [2.45, 2.75) is 20.0 Å². The molecule has 0 aromatic heterocycles. The zero-order chi connectivity index (χ0) is 15.4. The third-order valence-electron chi connectivity index (χ3n) is 3.32. The molecule has 1 unspecified atom stereocenters. The van der Waals surface area contributed by atoms with E-state index in [9.17, 15) is 4.39 Å². The van der Waals surface area contributed by atoms with Crippen molar-refractivity contribution in [1.29, 1.82) is 5.26 Å². The predicted molar refractivity (Wildman–Crippen MR) is 79.5 cm³/mol. The molecule has 2 rings (SSSR count). The van der Waals surface area contributed by atoms with E-state index >= 15 is 0 Å². The number of nitrogens with two attached hydrogens (primary N) is 1. The van der Waals surface area contributed by atoms with E-state index in [-0.39, 0.29) is 12.4 Å². The lowest BCUT2D eigenvalue weighted by Gasteiger charge is -2.21. The van der Waals surface area contributed by atoms with Gasteiger partial charge in [0.2, 0.25) is 0 Å². The Morgan fingerprint density at radius 2 is 1.86 bits per heavy atom. The lowest BCUT2D eigenvalue weighted by molar-refractivity contribution is 0.206. The van der Waals surface area contributed by atoms with Gasteiger partial charge in [-0.2, -0.15) is 5.26 Å². The first-order chi connectivity index (χ1) is 10.1. The van der Waals surface area contributed by atoms with Crippen molar-refractivity contribution in [1.82, 2.24) is 0 Å². The maximum absolute atomic E-state index is 13.9. The fourth-order valence-electron chi connectivity index (χ4n) is 2.32. The Balaban J connectivity index is 2.36. The number of hydrogen-bond donors (Lipinski definition) is 1. The van der Waals surface area contributed by atoms with Gasteiger partial charge >= 0.3 is 0 Å². The molecule has 0 fully saturated rings. The second kappa shape index (κ2) is 6.38. The number of ether oxygens (including phenoxy) is 1. The molecule has 108 valence electrons. The highest BCUT2D eigenvalue weighted by Gasteiger charge is 2.18. The first kappa shape index (κ1) is 15.0. The van der Waals surface area contributed by atoms with Crippen molar-refractivity contribution in [3.8, 4) is 11.8 Å². The molecule has 2 aromatic rings. The van der Waals surface area contributed by atoms with Crippen LogP contribution in [0.3, 0.4) is 0 Å². The quantitative estimate of drug-likeness (QED) is 0.936. The number of halogens is 1. The zero-order valence-electron chi connectivity index (χ0n) is 12.1. The monoisotopic (exact) mass is 284 g/mol. The van der Waals surface area contributed by atoms with Crippen LogP contribution < -0.4 is 10.5 Å². The molecule has 0 amide bonds. The minimum absolute atomic E-state index is 0.166. The fourth-order valence-corrected chi connectivity index (χ4v) is 2.32. The molecule has 0 saturated heterocycles. The van der Waals surface area contributed by atoms with Crippen molar-refractivity contribution >= 4 is 0 Å². The molecule has 2 aromatic carbocycles. The minimum Gasteiger partial charge on any atom is -0.484 e. The van der Waals surface area contributed by atoms with Crippen LogP contribution in [0.2, 0.25) is 0 Å². The summed E-state index contributed by atoms with van der Waals surface area (Å²) in [5.74, 6) is 0.310. The van der Waals surface area contributed by atoms with Crippen LogP contribution in [-0.4, -0.2) is 6.54 Å². The largest absolute Gasteiger partial charge is 0.484 e. The molecule has 0 aliphatic heterocycles. The summed E-state index contributed by atoms with van der Waals surface area (Å²) in [5, 5.41) is 8.96. The molecule has 0 radical (unpaired) electrons. The molecule has 0 spiro atoms. The second-order valence-corrected chi connectivity index (χ2v) is 4.91. The van der Waals surface area contributed by atoms with E-state index in [2.05, 4.69) is 6.07 Å². The van der Waals surface area contributed by atoms with Gasteiger partial charge in [-0.15, -0.1) is 0 Å². The molecule has 0 heterocycles. The van der Waals surface area contributed by atoms with E-state index in [1.165, 1.54) is 6.07 Å². The van der Waals surface area contributed by atoms with Crippen LogP contribution in [0.1, 0.15) is 28.4 Å². The third kappa shape index (κ3) is 3.21. The van der Waals surface area contributed by atoms with Crippen LogP contribution in [0.15, 0.2) is 36.4 Å².